The molecule has 4 nitrogen and oxygen atoms in total. The minimum absolute atomic E-state index is 0.0552. The number of nitrogens with zero attached hydrogens (tertiary/aromatic N) is 1. The zero-order chi connectivity index (χ0) is 16.0. The lowest BCUT2D eigenvalue weighted by Crippen LogP contribution is -2.35. The maximum Gasteiger partial charge on any atom is 0.307 e. The Balaban J connectivity index is 2.64. The van der Waals surface area contributed by atoms with Crippen molar-refractivity contribution >= 4 is 11.9 Å². The van der Waals surface area contributed by atoms with E-state index in [1.165, 1.54) is 0 Å². The standard InChI is InChI=1S/C17H31NO3/c1-5-7-9-11-18(12-10-8-6-2)15(19)13-14(16(20)21)17(13,3)4/h13-14H,5-12H2,1-4H3,(H,20,21). The Morgan fingerprint density at radius 2 is 1.43 bits per heavy atom. The molecule has 0 aromatic carbocycles. The summed E-state index contributed by atoms with van der Waals surface area (Å²) in [5.74, 6) is -1.62. The quantitative estimate of drug-likeness (QED) is 0.627. The Bertz CT molecular complexity index is 355. The molecule has 4 heteroatoms. The number of unbranched alkanes of at least 4 members (excludes halogenated alkanes) is 4. The van der Waals surface area contributed by atoms with Crippen LogP contribution >= 0.6 is 0 Å². The minimum Gasteiger partial charge on any atom is -0.481 e. The maximum atomic E-state index is 12.7. The third-order valence-corrected chi connectivity index (χ3v) is 4.73. The Hall–Kier alpha value is -1.06. The van der Waals surface area contributed by atoms with Crippen LogP contribution in [-0.2, 0) is 9.59 Å². The number of carboxylic acid groups (broad SMARTS) is 1. The SMILES string of the molecule is CCCCCN(CCCCC)C(=O)C1C(C(=O)O)C1(C)C. The summed E-state index contributed by atoms with van der Waals surface area (Å²) in [5.41, 5.74) is -0.392. The van der Waals surface area contributed by atoms with Crippen LogP contribution in [0.5, 0.6) is 0 Å². The van der Waals surface area contributed by atoms with Crippen molar-refractivity contribution in [1.82, 2.24) is 4.90 Å². The first-order valence-electron chi connectivity index (χ1n) is 8.39. The number of carbonyl (C=O) groups is 2. The Kier molecular flexibility index (Phi) is 6.69. The van der Waals surface area contributed by atoms with E-state index in [1.807, 2.05) is 18.7 Å². The predicted octanol–water partition coefficient (Wildman–Crippen LogP) is 3.55. The molecule has 1 amide bonds. The van der Waals surface area contributed by atoms with Gasteiger partial charge in [-0.1, -0.05) is 53.4 Å². The molecule has 21 heavy (non-hydrogen) atoms. The second-order valence-electron chi connectivity index (χ2n) is 6.85. The van der Waals surface area contributed by atoms with Crippen LogP contribution in [0.25, 0.3) is 0 Å². The van der Waals surface area contributed by atoms with Gasteiger partial charge in [-0.3, -0.25) is 9.59 Å². The first-order chi connectivity index (χ1) is 9.87. The van der Waals surface area contributed by atoms with Crippen molar-refractivity contribution in [3.8, 4) is 0 Å². The average Bonchev–Trinajstić information content (AvgIpc) is 2.99. The second kappa shape index (κ2) is 7.81. The van der Waals surface area contributed by atoms with Crippen molar-refractivity contribution in [3.63, 3.8) is 0 Å². The minimum atomic E-state index is -0.833. The van der Waals surface area contributed by atoms with E-state index in [9.17, 15) is 14.7 Å². The van der Waals surface area contributed by atoms with E-state index in [0.29, 0.717) is 0 Å². The fourth-order valence-electron chi connectivity index (χ4n) is 3.19. The number of hydrogen-bond donors (Lipinski definition) is 1. The van der Waals surface area contributed by atoms with Gasteiger partial charge in [-0.25, -0.2) is 0 Å². The third-order valence-electron chi connectivity index (χ3n) is 4.73. The van der Waals surface area contributed by atoms with Crippen molar-refractivity contribution in [2.24, 2.45) is 17.3 Å². The molecule has 1 aliphatic carbocycles. The van der Waals surface area contributed by atoms with Crippen molar-refractivity contribution < 1.29 is 14.7 Å². The van der Waals surface area contributed by atoms with E-state index in [1.54, 1.807) is 0 Å². The number of hydrogen-bond acceptors (Lipinski definition) is 2. The second-order valence-corrected chi connectivity index (χ2v) is 6.85. The van der Waals surface area contributed by atoms with Gasteiger partial charge in [0.2, 0.25) is 5.91 Å². The molecule has 122 valence electrons. The van der Waals surface area contributed by atoms with Gasteiger partial charge in [0.1, 0.15) is 0 Å². The lowest BCUT2D eigenvalue weighted by Gasteiger charge is -2.23. The van der Waals surface area contributed by atoms with Crippen LogP contribution < -0.4 is 0 Å². The summed E-state index contributed by atoms with van der Waals surface area (Å²) in [5, 5.41) is 9.25. The van der Waals surface area contributed by atoms with Gasteiger partial charge in [0.15, 0.2) is 0 Å². The summed E-state index contributed by atoms with van der Waals surface area (Å²) >= 11 is 0. The van der Waals surface area contributed by atoms with Gasteiger partial charge in [-0.2, -0.15) is 0 Å². The monoisotopic (exact) mass is 297 g/mol. The highest BCUT2D eigenvalue weighted by atomic mass is 16.4. The van der Waals surface area contributed by atoms with Crippen LogP contribution in [0.1, 0.15) is 66.2 Å². The van der Waals surface area contributed by atoms with Crippen molar-refractivity contribution in [2.75, 3.05) is 13.1 Å². The van der Waals surface area contributed by atoms with Gasteiger partial charge in [0, 0.05) is 13.1 Å². The van der Waals surface area contributed by atoms with E-state index < -0.39 is 17.3 Å². The molecule has 2 unspecified atom stereocenters. The molecule has 0 aromatic heterocycles. The lowest BCUT2D eigenvalue weighted by molar-refractivity contribution is -0.142. The Morgan fingerprint density at radius 3 is 1.76 bits per heavy atom. The number of amides is 1. The van der Waals surface area contributed by atoms with E-state index in [0.717, 1.165) is 51.6 Å². The lowest BCUT2D eigenvalue weighted by atomic mass is 10.1. The molecule has 1 aliphatic rings. The van der Waals surface area contributed by atoms with Crippen LogP contribution in [-0.4, -0.2) is 35.0 Å². The zero-order valence-electron chi connectivity index (χ0n) is 14.0. The average molecular weight is 297 g/mol. The van der Waals surface area contributed by atoms with Gasteiger partial charge in [-0.05, 0) is 18.3 Å². The molecule has 0 radical (unpaired) electrons. The van der Waals surface area contributed by atoms with Gasteiger partial charge in [0.05, 0.1) is 11.8 Å². The highest BCUT2D eigenvalue weighted by molar-refractivity contribution is 5.91. The first kappa shape index (κ1) is 18.0. The smallest absolute Gasteiger partial charge is 0.307 e. The van der Waals surface area contributed by atoms with Crippen LogP contribution in [0.2, 0.25) is 0 Å². The van der Waals surface area contributed by atoms with Gasteiger partial charge < -0.3 is 10.0 Å². The largest absolute Gasteiger partial charge is 0.481 e. The number of carbonyl (C=O) groups excluding carboxylic acids is 1. The molecule has 0 heterocycles. The first-order valence-corrected chi connectivity index (χ1v) is 8.39. The van der Waals surface area contributed by atoms with Crippen LogP contribution in [0.15, 0.2) is 0 Å². The number of carboxylic acids is 1. The Labute approximate surface area is 128 Å². The molecule has 1 fully saturated rings. The molecule has 0 saturated heterocycles. The summed E-state index contributed by atoms with van der Waals surface area (Å²) in [6, 6.07) is 0. The van der Waals surface area contributed by atoms with Crippen molar-refractivity contribution in [1.29, 1.82) is 0 Å². The van der Waals surface area contributed by atoms with Crippen LogP contribution in [0.4, 0.5) is 0 Å². The molecule has 0 aliphatic heterocycles. The number of aliphatic carboxylic acids is 1. The van der Waals surface area contributed by atoms with Crippen molar-refractivity contribution in [2.45, 2.75) is 66.2 Å². The molecule has 1 N–H and O–H groups in total. The maximum absolute atomic E-state index is 12.7. The molecular formula is C17H31NO3. The van der Waals surface area contributed by atoms with Gasteiger partial charge >= 0.3 is 5.97 Å². The normalized spacial score (nSPS) is 22.9. The fraction of sp³-hybridized carbons (Fsp3) is 0.882. The molecule has 0 spiro atoms. The summed E-state index contributed by atoms with van der Waals surface area (Å²) < 4.78 is 0. The Morgan fingerprint density at radius 1 is 0.952 bits per heavy atom. The van der Waals surface area contributed by atoms with E-state index in [2.05, 4.69) is 13.8 Å². The van der Waals surface area contributed by atoms with Gasteiger partial charge in [0.25, 0.3) is 0 Å². The van der Waals surface area contributed by atoms with Crippen molar-refractivity contribution in [3.05, 3.63) is 0 Å². The van der Waals surface area contributed by atoms with E-state index >= 15 is 0 Å². The molecule has 1 rings (SSSR count). The zero-order valence-corrected chi connectivity index (χ0v) is 14.0. The summed E-state index contributed by atoms with van der Waals surface area (Å²) in [4.78, 5) is 25.9. The fourth-order valence-corrected chi connectivity index (χ4v) is 3.19. The molecule has 0 aromatic rings. The summed E-state index contributed by atoms with van der Waals surface area (Å²) in [6.45, 7) is 9.63. The molecule has 2 atom stereocenters. The summed E-state index contributed by atoms with van der Waals surface area (Å²) in [7, 11) is 0. The van der Waals surface area contributed by atoms with E-state index in [-0.39, 0.29) is 11.8 Å². The van der Waals surface area contributed by atoms with Crippen LogP contribution in [0.3, 0.4) is 0 Å². The highest BCUT2D eigenvalue weighted by Crippen LogP contribution is 2.59. The van der Waals surface area contributed by atoms with Crippen LogP contribution in [0, 0.1) is 17.3 Å². The van der Waals surface area contributed by atoms with E-state index in [4.69, 9.17) is 0 Å². The van der Waals surface area contributed by atoms with Gasteiger partial charge in [-0.15, -0.1) is 0 Å². The molecule has 0 bridgehead atoms. The predicted molar refractivity (Wildman–Crippen MR) is 84.0 cm³/mol. The molecular weight excluding hydrogens is 266 g/mol. The summed E-state index contributed by atoms with van der Waals surface area (Å²) in [6.07, 6.45) is 6.52. The highest BCUT2D eigenvalue weighted by Gasteiger charge is 2.66. The molecule has 1 saturated carbocycles. The number of rotatable bonds is 10. The third kappa shape index (κ3) is 4.45. The topological polar surface area (TPSA) is 57.6 Å².